The van der Waals surface area contributed by atoms with Crippen LogP contribution < -0.4 is 5.73 Å². The van der Waals surface area contributed by atoms with Crippen molar-refractivity contribution in [2.45, 2.75) is 52.1 Å². The Morgan fingerprint density at radius 3 is 2.79 bits per heavy atom. The van der Waals surface area contributed by atoms with E-state index in [1.165, 1.54) is 37.8 Å². The Hall–Kier alpha value is -0.730. The van der Waals surface area contributed by atoms with Crippen LogP contribution in [-0.4, -0.2) is 17.5 Å². The maximum Gasteiger partial charge on any atom is 0.0317 e. The molecule has 2 nitrogen and oxygen atoms in total. The summed E-state index contributed by atoms with van der Waals surface area (Å²) in [6.45, 7) is 6.95. The molecule has 1 aromatic rings. The number of nitrogens with two attached hydrogens (primary N) is 1. The Labute approximate surface area is 123 Å². The zero-order valence-electron chi connectivity index (χ0n) is 12.1. The highest BCUT2D eigenvalue weighted by molar-refractivity contribution is 5.85. The fourth-order valence-corrected chi connectivity index (χ4v) is 3.01. The molecule has 1 heterocycles. The van der Waals surface area contributed by atoms with Gasteiger partial charge in [-0.05, 0) is 49.4 Å². The standard InChI is InChI=1S/C16H26N2.ClH/c1-13(2)10-16-8-3-4-9-18(16)12-14-6-5-7-15(17)11-14;/h5-7,11,13,16H,3-4,8-10,12,17H2,1-2H3;1H. The summed E-state index contributed by atoms with van der Waals surface area (Å²) in [7, 11) is 0. The van der Waals surface area contributed by atoms with E-state index in [1.807, 2.05) is 6.07 Å². The fraction of sp³-hybridized carbons (Fsp3) is 0.625. The second-order valence-electron chi connectivity index (χ2n) is 5.99. The van der Waals surface area contributed by atoms with Gasteiger partial charge in [-0.3, -0.25) is 4.90 Å². The first-order valence-corrected chi connectivity index (χ1v) is 7.23. The number of piperidine rings is 1. The van der Waals surface area contributed by atoms with Crippen molar-refractivity contribution in [3.05, 3.63) is 29.8 Å². The van der Waals surface area contributed by atoms with E-state index in [0.717, 1.165) is 24.2 Å². The van der Waals surface area contributed by atoms with Crippen molar-refractivity contribution in [3.8, 4) is 0 Å². The summed E-state index contributed by atoms with van der Waals surface area (Å²) in [5.41, 5.74) is 8.09. The van der Waals surface area contributed by atoms with Gasteiger partial charge in [0.15, 0.2) is 0 Å². The van der Waals surface area contributed by atoms with E-state index in [1.54, 1.807) is 0 Å². The van der Waals surface area contributed by atoms with Crippen LogP contribution in [0.4, 0.5) is 5.69 Å². The average Bonchev–Trinajstić information content (AvgIpc) is 2.31. The Morgan fingerprint density at radius 1 is 1.32 bits per heavy atom. The molecule has 19 heavy (non-hydrogen) atoms. The van der Waals surface area contributed by atoms with E-state index in [2.05, 4.69) is 36.9 Å². The highest BCUT2D eigenvalue weighted by atomic mass is 35.5. The lowest BCUT2D eigenvalue weighted by Gasteiger charge is -2.36. The van der Waals surface area contributed by atoms with E-state index in [4.69, 9.17) is 5.73 Å². The van der Waals surface area contributed by atoms with Crippen molar-refractivity contribution in [2.24, 2.45) is 5.92 Å². The number of hydrogen-bond acceptors (Lipinski definition) is 2. The molecule has 1 unspecified atom stereocenters. The second-order valence-corrected chi connectivity index (χ2v) is 5.99. The number of hydrogen-bond donors (Lipinski definition) is 1. The first-order chi connectivity index (χ1) is 8.65. The minimum Gasteiger partial charge on any atom is -0.399 e. The lowest BCUT2D eigenvalue weighted by atomic mass is 9.93. The Balaban J connectivity index is 0.00000180. The third kappa shape index (κ3) is 5.04. The van der Waals surface area contributed by atoms with Crippen molar-refractivity contribution < 1.29 is 0 Å². The molecule has 0 bridgehead atoms. The zero-order chi connectivity index (χ0) is 13.0. The summed E-state index contributed by atoms with van der Waals surface area (Å²) in [6, 6.07) is 9.09. The van der Waals surface area contributed by atoms with E-state index in [0.29, 0.717) is 0 Å². The van der Waals surface area contributed by atoms with Gasteiger partial charge in [0.2, 0.25) is 0 Å². The van der Waals surface area contributed by atoms with Crippen LogP contribution in [-0.2, 0) is 6.54 Å². The number of anilines is 1. The van der Waals surface area contributed by atoms with Crippen LogP contribution in [0.25, 0.3) is 0 Å². The average molecular weight is 283 g/mol. The molecule has 0 radical (unpaired) electrons. The van der Waals surface area contributed by atoms with Crippen LogP contribution in [0.3, 0.4) is 0 Å². The van der Waals surface area contributed by atoms with Gasteiger partial charge in [-0.15, -0.1) is 12.4 Å². The molecule has 1 aromatic carbocycles. The van der Waals surface area contributed by atoms with Crippen molar-refractivity contribution in [2.75, 3.05) is 12.3 Å². The molecular formula is C16H27ClN2. The number of rotatable bonds is 4. The SMILES string of the molecule is CC(C)CC1CCCCN1Cc1cccc(N)c1.Cl. The Bertz CT molecular complexity index is 379. The van der Waals surface area contributed by atoms with E-state index in [-0.39, 0.29) is 12.4 Å². The maximum atomic E-state index is 5.86. The summed E-state index contributed by atoms with van der Waals surface area (Å²) in [5, 5.41) is 0. The molecule has 0 aromatic heterocycles. The molecule has 2 rings (SSSR count). The monoisotopic (exact) mass is 282 g/mol. The minimum absolute atomic E-state index is 0. The Kier molecular flexibility index (Phi) is 6.67. The molecule has 1 aliphatic rings. The summed E-state index contributed by atoms with van der Waals surface area (Å²) in [5.74, 6) is 0.788. The van der Waals surface area contributed by atoms with Crippen molar-refractivity contribution >= 4 is 18.1 Å². The minimum atomic E-state index is 0. The number of nitrogen functional groups attached to an aromatic ring is 1. The summed E-state index contributed by atoms with van der Waals surface area (Å²) >= 11 is 0. The van der Waals surface area contributed by atoms with Crippen LogP contribution in [0.2, 0.25) is 0 Å². The highest BCUT2D eigenvalue weighted by Gasteiger charge is 2.22. The predicted octanol–water partition coefficient (Wildman–Crippen LogP) is 4.09. The molecule has 1 atom stereocenters. The van der Waals surface area contributed by atoms with Gasteiger partial charge in [0, 0.05) is 18.3 Å². The van der Waals surface area contributed by atoms with Crippen LogP contribution in [0.1, 0.15) is 45.1 Å². The molecule has 1 aliphatic heterocycles. The number of benzene rings is 1. The summed E-state index contributed by atoms with van der Waals surface area (Å²) in [6.07, 6.45) is 5.42. The first-order valence-electron chi connectivity index (χ1n) is 7.23. The molecule has 0 saturated carbocycles. The summed E-state index contributed by atoms with van der Waals surface area (Å²) in [4.78, 5) is 2.65. The molecule has 0 amide bonds. The van der Waals surface area contributed by atoms with Crippen LogP contribution in [0.5, 0.6) is 0 Å². The number of halogens is 1. The number of likely N-dealkylation sites (tertiary alicyclic amines) is 1. The molecule has 2 N–H and O–H groups in total. The molecule has 108 valence electrons. The van der Waals surface area contributed by atoms with Crippen molar-refractivity contribution in [3.63, 3.8) is 0 Å². The largest absolute Gasteiger partial charge is 0.399 e. The predicted molar refractivity (Wildman–Crippen MR) is 85.6 cm³/mol. The quantitative estimate of drug-likeness (QED) is 0.843. The molecular weight excluding hydrogens is 256 g/mol. The lowest BCUT2D eigenvalue weighted by molar-refractivity contribution is 0.122. The van der Waals surface area contributed by atoms with Gasteiger partial charge in [-0.1, -0.05) is 32.4 Å². The van der Waals surface area contributed by atoms with E-state index >= 15 is 0 Å². The van der Waals surface area contributed by atoms with Crippen LogP contribution in [0, 0.1) is 5.92 Å². The van der Waals surface area contributed by atoms with E-state index < -0.39 is 0 Å². The van der Waals surface area contributed by atoms with Gasteiger partial charge in [0.05, 0.1) is 0 Å². The van der Waals surface area contributed by atoms with Crippen LogP contribution in [0.15, 0.2) is 24.3 Å². The molecule has 0 spiro atoms. The Morgan fingerprint density at radius 2 is 2.11 bits per heavy atom. The first kappa shape index (κ1) is 16.3. The normalized spacial score (nSPS) is 20.3. The van der Waals surface area contributed by atoms with Gasteiger partial charge in [0.1, 0.15) is 0 Å². The third-order valence-electron chi connectivity index (χ3n) is 3.83. The smallest absolute Gasteiger partial charge is 0.0317 e. The summed E-state index contributed by atoms with van der Waals surface area (Å²) < 4.78 is 0. The highest BCUT2D eigenvalue weighted by Crippen LogP contribution is 2.24. The fourth-order valence-electron chi connectivity index (χ4n) is 3.01. The molecule has 1 fully saturated rings. The van der Waals surface area contributed by atoms with Crippen molar-refractivity contribution in [1.29, 1.82) is 0 Å². The lowest BCUT2D eigenvalue weighted by Crippen LogP contribution is -2.39. The number of nitrogens with zero attached hydrogens (tertiary/aromatic N) is 1. The molecule has 1 saturated heterocycles. The van der Waals surface area contributed by atoms with Gasteiger partial charge in [-0.25, -0.2) is 0 Å². The van der Waals surface area contributed by atoms with Crippen molar-refractivity contribution in [1.82, 2.24) is 4.90 Å². The molecule has 3 heteroatoms. The maximum absolute atomic E-state index is 5.86. The van der Waals surface area contributed by atoms with Crippen LogP contribution >= 0.6 is 12.4 Å². The van der Waals surface area contributed by atoms with E-state index in [9.17, 15) is 0 Å². The third-order valence-corrected chi connectivity index (χ3v) is 3.83. The van der Waals surface area contributed by atoms with Gasteiger partial charge in [-0.2, -0.15) is 0 Å². The zero-order valence-corrected chi connectivity index (χ0v) is 13.0. The van der Waals surface area contributed by atoms with Gasteiger partial charge < -0.3 is 5.73 Å². The van der Waals surface area contributed by atoms with Gasteiger partial charge >= 0.3 is 0 Å². The topological polar surface area (TPSA) is 29.3 Å². The van der Waals surface area contributed by atoms with Gasteiger partial charge in [0.25, 0.3) is 0 Å². The second kappa shape index (κ2) is 7.76. The molecule has 0 aliphatic carbocycles.